The van der Waals surface area contributed by atoms with Crippen LogP contribution in [-0.2, 0) is 16.4 Å². The molecule has 2 aromatic rings. The number of carbonyl (C=O) groups is 1. The van der Waals surface area contributed by atoms with Crippen LogP contribution in [0.25, 0.3) is 0 Å². The van der Waals surface area contributed by atoms with E-state index in [2.05, 4.69) is 5.32 Å². The third-order valence-electron chi connectivity index (χ3n) is 6.04. The number of amides is 1. The Morgan fingerprint density at radius 1 is 1.20 bits per heavy atom. The summed E-state index contributed by atoms with van der Waals surface area (Å²) in [6.45, 7) is 6.72. The Morgan fingerprint density at radius 2 is 1.83 bits per heavy atom. The van der Waals surface area contributed by atoms with Crippen molar-refractivity contribution in [1.82, 2.24) is 4.90 Å². The van der Waals surface area contributed by atoms with Crippen LogP contribution in [0, 0.1) is 16.0 Å². The molecule has 0 radical (unpaired) electrons. The van der Waals surface area contributed by atoms with E-state index in [9.17, 15) is 23.3 Å². The fourth-order valence-corrected chi connectivity index (χ4v) is 5.73. The summed E-state index contributed by atoms with van der Waals surface area (Å²) in [6.07, 6.45) is 0.839. The number of piperidine rings is 1. The number of carboxylic acid groups (broad SMARTS) is 1. The van der Waals surface area contributed by atoms with E-state index in [1.165, 1.54) is 21.3 Å². The van der Waals surface area contributed by atoms with Gasteiger partial charge in [0.1, 0.15) is 5.69 Å². The molecule has 190 valence electrons. The topological polar surface area (TPSA) is 133 Å². The molecule has 0 atom stereocenters. The van der Waals surface area contributed by atoms with Gasteiger partial charge >= 0.3 is 6.09 Å². The van der Waals surface area contributed by atoms with Gasteiger partial charge in [0.15, 0.2) is 0 Å². The van der Waals surface area contributed by atoms with Gasteiger partial charge in [0.25, 0.3) is 15.7 Å². The van der Waals surface area contributed by atoms with E-state index >= 15 is 0 Å². The molecule has 1 saturated heterocycles. The van der Waals surface area contributed by atoms with Gasteiger partial charge in [-0.3, -0.25) is 14.4 Å². The number of benzene rings is 2. The smallest absolute Gasteiger partial charge is 0.407 e. The molecule has 10 nitrogen and oxygen atoms in total. The van der Waals surface area contributed by atoms with Crippen molar-refractivity contribution in [2.24, 2.45) is 5.92 Å². The van der Waals surface area contributed by atoms with Gasteiger partial charge in [0.2, 0.25) is 0 Å². The van der Waals surface area contributed by atoms with Crippen LogP contribution in [-0.4, -0.2) is 55.1 Å². The van der Waals surface area contributed by atoms with Gasteiger partial charge in [-0.2, -0.15) is 0 Å². The predicted molar refractivity (Wildman–Crippen MR) is 135 cm³/mol. The minimum atomic E-state index is -4.06. The molecule has 0 saturated carbocycles. The molecule has 3 rings (SSSR count). The van der Waals surface area contributed by atoms with Gasteiger partial charge in [-0.25, -0.2) is 13.2 Å². The van der Waals surface area contributed by atoms with E-state index in [4.69, 9.17) is 5.11 Å². The first kappa shape index (κ1) is 26.3. The van der Waals surface area contributed by atoms with E-state index < -0.39 is 21.0 Å². The summed E-state index contributed by atoms with van der Waals surface area (Å²) in [7, 11) is -4.06. The molecule has 2 aromatic carbocycles. The first-order chi connectivity index (χ1) is 16.5. The Labute approximate surface area is 205 Å². The SMILES string of the molecule is CCc1ccc(N(CC(C)C)S(=O)(=O)c2ccc(NC3CCN(C(=O)O)CC3)c([N+](=O)[O-])c2)cc1. The highest BCUT2D eigenvalue weighted by Gasteiger charge is 2.30. The molecular formula is C24H32N4O6S. The van der Waals surface area contributed by atoms with Crippen molar-refractivity contribution in [1.29, 1.82) is 0 Å². The van der Waals surface area contributed by atoms with Crippen molar-refractivity contribution in [2.45, 2.75) is 51.0 Å². The van der Waals surface area contributed by atoms with Gasteiger partial charge in [0, 0.05) is 31.7 Å². The van der Waals surface area contributed by atoms with Crippen LogP contribution in [0.2, 0.25) is 0 Å². The summed E-state index contributed by atoms with van der Waals surface area (Å²) < 4.78 is 28.5. The molecule has 1 aliphatic rings. The Morgan fingerprint density at radius 3 is 2.34 bits per heavy atom. The standard InChI is InChI=1S/C24H32N4O6S/c1-4-18-5-7-20(8-6-18)27(16-17(2)3)35(33,34)21-9-10-22(23(15-21)28(31)32)25-19-11-13-26(14-12-19)24(29)30/h5-10,15,17,19,25H,4,11-14,16H2,1-3H3,(H,29,30). The van der Waals surface area contributed by atoms with Crippen LogP contribution in [0.3, 0.4) is 0 Å². The molecular weight excluding hydrogens is 472 g/mol. The number of nitro benzene ring substituents is 1. The third-order valence-corrected chi connectivity index (χ3v) is 7.83. The van der Waals surface area contributed by atoms with Crippen LogP contribution in [0.4, 0.5) is 21.9 Å². The molecule has 0 bridgehead atoms. The second-order valence-electron chi connectivity index (χ2n) is 9.07. The van der Waals surface area contributed by atoms with Gasteiger partial charge < -0.3 is 15.3 Å². The molecule has 1 fully saturated rings. The van der Waals surface area contributed by atoms with E-state index in [0.29, 0.717) is 31.6 Å². The Hall–Kier alpha value is -3.34. The zero-order valence-electron chi connectivity index (χ0n) is 20.2. The van der Waals surface area contributed by atoms with Crippen molar-refractivity contribution >= 4 is 33.2 Å². The van der Waals surface area contributed by atoms with Gasteiger partial charge in [-0.05, 0) is 55.0 Å². The van der Waals surface area contributed by atoms with E-state index in [1.54, 1.807) is 12.1 Å². The second kappa shape index (κ2) is 10.9. The normalized spacial score (nSPS) is 14.7. The molecule has 0 spiro atoms. The minimum absolute atomic E-state index is 0.0308. The number of likely N-dealkylation sites (tertiary alicyclic amines) is 1. The highest BCUT2D eigenvalue weighted by atomic mass is 32.2. The summed E-state index contributed by atoms with van der Waals surface area (Å²) in [6, 6.07) is 11.0. The minimum Gasteiger partial charge on any atom is -0.465 e. The summed E-state index contributed by atoms with van der Waals surface area (Å²) in [5, 5.41) is 24.0. The average molecular weight is 505 g/mol. The lowest BCUT2D eigenvalue weighted by atomic mass is 10.0. The molecule has 0 aromatic heterocycles. The largest absolute Gasteiger partial charge is 0.465 e. The number of nitrogens with zero attached hydrogens (tertiary/aromatic N) is 3. The van der Waals surface area contributed by atoms with Crippen LogP contribution < -0.4 is 9.62 Å². The molecule has 1 amide bonds. The summed E-state index contributed by atoms with van der Waals surface area (Å²) in [5.41, 5.74) is 1.46. The molecule has 11 heteroatoms. The van der Waals surface area contributed by atoms with Crippen LogP contribution in [0.5, 0.6) is 0 Å². The zero-order chi connectivity index (χ0) is 25.8. The molecule has 2 N–H and O–H groups in total. The predicted octanol–water partition coefficient (Wildman–Crippen LogP) is 4.56. The maximum Gasteiger partial charge on any atom is 0.407 e. The number of rotatable bonds is 9. The number of nitro groups is 1. The highest BCUT2D eigenvalue weighted by molar-refractivity contribution is 7.92. The Bertz CT molecular complexity index is 1160. The van der Waals surface area contributed by atoms with Crippen LogP contribution >= 0.6 is 0 Å². The van der Waals surface area contributed by atoms with Gasteiger partial charge in [-0.1, -0.05) is 32.9 Å². The quantitative estimate of drug-likeness (QED) is 0.378. The number of hydrogen-bond donors (Lipinski definition) is 2. The van der Waals surface area contributed by atoms with Gasteiger partial charge in [0.05, 0.1) is 15.5 Å². The lowest BCUT2D eigenvalue weighted by molar-refractivity contribution is -0.384. The first-order valence-electron chi connectivity index (χ1n) is 11.7. The van der Waals surface area contributed by atoms with Crippen LogP contribution in [0.15, 0.2) is 47.4 Å². The first-order valence-corrected chi connectivity index (χ1v) is 13.1. The van der Waals surface area contributed by atoms with E-state index in [-0.39, 0.29) is 34.8 Å². The monoisotopic (exact) mass is 504 g/mol. The third kappa shape index (κ3) is 6.21. The number of aryl methyl sites for hydroxylation is 1. The number of anilines is 2. The number of nitrogens with one attached hydrogen (secondary N) is 1. The lowest BCUT2D eigenvalue weighted by Crippen LogP contribution is -2.41. The number of sulfonamides is 1. The summed E-state index contributed by atoms with van der Waals surface area (Å²) in [4.78, 5) is 23.5. The maximum atomic E-state index is 13.6. The molecule has 35 heavy (non-hydrogen) atoms. The van der Waals surface area contributed by atoms with Crippen molar-refractivity contribution in [2.75, 3.05) is 29.3 Å². The Balaban J connectivity index is 1.91. The van der Waals surface area contributed by atoms with Crippen LogP contribution in [0.1, 0.15) is 39.2 Å². The molecule has 0 aliphatic carbocycles. The van der Waals surface area contributed by atoms with E-state index in [1.807, 2.05) is 32.9 Å². The fourth-order valence-electron chi connectivity index (χ4n) is 4.08. The van der Waals surface area contributed by atoms with Crippen molar-refractivity contribution in [3.8, 4) is 0 Å². The highest BCUT2D eigenvalue weighted by Crippen LogP contribution is 2.32. The van der Waals surface area contributed by atoms with Crippen molar-refractivity contribution in [3.63, 3.8) is 0 Å². The fraction of sp³-hybridized carbons (Fsp3) is 0.458. The van der Waals surface area contributed by atoms with Crippen molar-refractivity contribution < 1.29 is 23.2 Å². The average Bonchev–Trinajstić information content (AvgIpc) is 2.82. The Kier molecular flexibility index (Phi) is 8.21. The second-order valence-corrected chi connectivity index (χ2v) is 10.9. The molecule has 1 heterocycles. The van der Waals surface area contributed by atoms with E-state index in [0.717, 1.165) is 18.1 Å². The zero-order valence-corrected chi connectivity index (χ0v) is 21.0. The summed E-state index contributed by atoms with van der Waals surface area (Å²) >= 11 is 0. The van der Waals surface area contributed by atoms with Crippen molar-refractivity contribution in [3.05, 3.63) is 58.1 Å². The van der Waals surface area contributed by atoms with Gasteiger partial charge in [-0.15, -0.1) is 0 Å². The lowest BCUT2D eigenvalue weighted by Gasteiger charge is -2.31. The summed E-state index contributed by atoms with van der Waals surface area (Å²) in [5.74, 6) is 0.0308. The molecule has 1 aliphatic heterocycles. The number of hydrogen-bond acceptors (Lipinski definition) is 6. The maximum absolute atomic E-state index is 13.6. The molecule has 0 unspecified atom stereocenters.